The van der Waals surface area contributed by atoms with Gasteiger partial charge in [0.15, 0.2) is 0 Å². The van der Waals surface area contributed by atoms with E-state index in [-0.39, 0.29) is 16.6 Å². The van der Waals surface area contributed by atoms with Gasteiger partial charge in [-0.05, 0) is 51.1 Å². The molecule has 1 atom stereocenters. The highest BCUT2D eigenvalue weighted by atomic mass is 35.5. The Hall–Kier alpha value is -0.820. The molecule has 0 bridgehead atoms. The fourth-order valence-electron chi connectivity index (χ4n) is 2.73. The van der Waals surface area contributed by atoms with Crippen molar-refractivity contribution >= 4 is 27.3 Å². The highest BCUT2D eigenvalue weighted by molar-refractivity contribution is 7.89. The monoisotopic (exact) mass is 331 g/mol. The van der Waals surface area contributed by atoms with Crippen LogP contribution in [0.3, 0.4) is 0 Å². The van der Waals surface area contributed by atoms with E-state index in [9.17, 15) is 8.42 Å². The molecule has 1 aromatic carbocycles. The van der Waals surface area contributed by atoms with Crippen molar-refractivity contribution in [2.24, 2.45) is 0 Å². The Kier molecular flexibility index (Phi) is 4.82. The molecule has 1 unspecified atom stereocenters. The van der Waals surface area contributed by atoms with Crippen LogP contribution in [-0.4, -0.2) is 50.8 Å². The van der Waals surface area contributed by atoms with E-state index in [4.69, 9.17) is 17.3 Å². The number of sulfonamides is 1. The summed E-state index contributed by atoms with van der Waals surface area (Å²) in [6.45, 7) is 3.49. The zero-order valence-electron chi connectivity index (χ0n) is 12.6. The summed E-state index contributed by atoms with van der Waals surface area (Å²) in [5.41, 5.74) is 6.67. The molecule has 1 aliphatic heterocycles. The molecule has 0 saturated carbocycles. The molecular formula is C14H22ClN3O2S. The summed E-state index contributed by atoms with van der Waals surface area (Å²) in [5, 5.41) is 0.381. The van der Waals surface area contributed by atoms with E-state index in [2.05, 4.69) is 4.90 Å². The van der Waals surface area contributed by atoms with Gasteiger partial charge < -0.3 is 10.6 Å². The first-order valence-electron chi connectivity index (χ1n) is 6.95. The highest BCUT2D eigenvalue weighted by Gasteiger charge is 2.31. The Labute approximate surface area is 131 Å². The lowest BCUT2D eigenvalue weighted by Gasteiger charge is -2.35. The molecule has 1 saturated heterocycles. The number of nitrogens with zero attached hydrogens (tertiary/aromatic N) is 2. The zero-order chi connectivity index (χ0) is 15.8. The van der Waals surface area contributed by atoms with Gasteiger partial charge in [0, 0.05) is 19.6 Å². The van der Waals surface area contributed by atoms with Gasteiger partial charge in [0.1, 0.15) is 0 Å². The largest absolute Gasteiger partial charge is 0.397 e. The third-order valence-electron chi connectivity index (χ3n) is 4.07. The molecule has 0 aromatic heterocycles. The van der Waals surface area contributed by atoms with Gasteiger partial charge in [0.25, 0.3) is 0 Å². The molecule has 0 aliphatic carbocycles. The molecule has 1 fully saturated rings. The number of hydrogen-bond acceptors (Lipinski definition) is 4. The van der Waals surface area contributed by atoms with E-state index >= 15 is 0 Å². The summed E-state index contributed by atoms with van der Waals surface area (Å²) in [6.07, 6.45) is 1.88. The van der Waals surface area contributed by atoms with Crippen LogP contribution >= 0.6 is 11.6 Å². The van der Waals surface area contributed by atoms with Gasteiger partial charge in [-0.2, -0.15) is 4.31 Å². The fraction of sp³-hybridized carbons (Fsp3) is 0.571. The van der Waals surface area contributed by atoms with Gasteiger partial charge in [-0.25, -0.2) is 8.42 Å². The molecule has 118 valence electrons. The molecule has 0 radical (unpaired) electrons. The normalized spacial score (nSPS) is 20.9. The van der Waals surface area contributed by atoms with Crippen LogP contribution in [0.4, 0.5) is 5.69 Å². The number of nitrogens with two attached hydrogens (primary N) is 1. The number of aryl methyl sites for hydroxylation is 1. The standard InChI is InChI=1S/C14H22ClN3O2S/c1-10-7-12(15)13(16)8-14(10)21(19,20)18(3)11-5-4-6-17(2)9-11/h7-8,11H,4-6,9,16H2,1-3H3. The van der Waals surface area contributed by atoms with Crippen molar-refractivity contribution in [3.05, 3.63) is 22.7 Å². The van der Waals surface area contributed by atoms with Crippen LogP contribution in [0.25, 0.3) is 0 Å². The Morgan fingerprint density at radius 3 is 2.71 bits per heavy atom. The number of likely N-dealkylation sites (tertiary alicyclic amines) is 1. The molecule has 21 heavy (non-hydrogen) atoms. The maximum Gasteiger partial charge on any atom is 0.243 e. The Morgan fingerprint density at radius 1 is 1.43 bits per heavy atom. The van der Waals surface area contributed by atoms with Crippen molar-refractivity contribution in [1.82, 2.24) is 9.21 Å². The minimum absolute atomic E-state index is 0.00921. The number of rotatable bonds is 3. The number of hydrogen-bond donors (Lipinski definition) is 1. The van der Waals surface area contributed by atoms with E-state index in [1.165, 1.54) is 10.4 Å². The van der Waals surface area contributed by atoms with Gasteiger partial charge >= 0.3 is 0 Å². The van der Waals surface area contributed by atoms with Gasteiger partial charge in [-0.1, -0.05) is 11.6 Å². The Balaban J connectivity index is 2.35. The van der Waals surface area contributed by atoms with Crippen LogP contribution in [0.5, 0.6) is 0 Å². The molecule has 1 aromatic rings. The first-order chi connectivity index (χ1) is 9.73. The van der Waals surface area contributed by atoms with Crippen molar-refractivity contribution in [2.75, 3.05) is 32.9 Å². The quantitative estimate of drug-likeness (QED) is 0.860. The molecule has 1 heterocycles. The van der Waals surface area contributed by atoms with Gasteiger partial charge in [0.2, 0.25) is 10.0 Å². The lowest BCUT2D eigenvalue weighted by Crippen LogP contribution is -2.47. The lowest BCUT2D eigenvalue weighted by atomic mass is 10.1. The number of benzene rings is 1. The Bertz CT molecular complexity index is 633. The number of nitrogen functional groups attached to an aromatic ring is 1. The second kappa shape index (κ2) is 6.12. The topological polar surface area (TPSA) is 66.6 Å². The second-order valence-electron chi connectivity index (χ2n) is 5.72. The van der Waals surface area contributed by atoms with Crippen molar-refractivity contribution in [3.63, 3.8) is 0 Å². The SMILES string of the molecule is Cc1cc(Cl)c(N)cc1S(=O)(=O)N(C)C1CCCN(C)C1. The van der Waals surface area contributed by atoms with Gasteiger partial charge in [-0.3, -0.25) is 0 Å². The van der Waals surface area contributed by atoms with Crippen LogP contribution in [0.2, 0.25) is 5.02 Å². The fourth-order valence-corrected chi connectivity index (χ4v) is 4.57. The number of piperidine rings is 1. The van der Waals surface area contributed by atoms with Crippen LogP contribution in [0.1, 0.15) is 18.4 Å². The predicted octanol–water partition coefficient (Wildman–Crippen LogP) is 1.95. The van der Waals surface area contributed by atoms with Crippen molar-refractivity contribution in [2.45, 2.75) is 30.7 Å². The summed E-state index contributed by atoms with van der Waals surface area (Å²) in [6, 6.07) is 3.05. The molecule has 1 aliphatic rings. The predicted molar refractivity (Wildman–Crippen MR) is 86.1 cm³/mol. The van der Waals surface area contributed by atoms with Gasteiger partial charge in [0.05, 0.1) is 15.6 Å². The van der Waals surface area contributed by atoms with E-state index in [1.807, 2.05) is 7.05 Å². The number of anilines is 1. The molecular weight excluding hydrogens is 310 g/mol. The molecule has 7 heteroatoms. The molecule has 0 amide bonds. The average molecular weight is 332 g/mol. The van der Waals surface area contributed by atoms with E-state index < -0.39 is 10.0 Å². The molecule has 2 N–H and O–H groups in total. The number of halogens is 1. The zero-order valence-corrected chi connectivity index (χ0v) is 14.2. The minimum atomic E-state index is -3.56. The Morgan fingerprint density at radius 2 is 2.10 bits per heavy atom. The third kappa shape index (κ3) is 3.34. The second-order valence-corrected chi connectivity index (χ2v) is 8.09. The summed E-state index contributed by atoms with van der Waals surface area (Å²) < 4.78 is 27.1. The maximum atomic E-state index is 12.8. The van der Waals surface area contributed by atoms with Crippen LogP contribution in [-0.2, 0) is 10.0 Å². The minimum Gasteiger partial charge on any atom is -0.397 e. The first-order valence-corrected chi connectivity index (χ1v) is 8.77. The average Bonchev–Trinajstić information content (AvgIpc) is 2.41. The number of likely N-dealkylation sites (N-methyl/N-ethyl adjacent to an activating group) is 2. The lowest BCUT2D eigenvalue weighted by molar-refractivity contribution is 0.187. The van der Waals surface area contributed by atoms with Crippen molar-refractivity contribution in [1.29, 1.82) is 0 Å². The molecule has 2 rings (SSSR count). The smallest absolute Gasteiger partial charge is 0.243 e. The molecule has 0 spiro atoms. The maximum absolute atomic E-state index is 12.8. The summed E-state index contributed by atoms with van der Waals surface area (Å²) in [4.78, 5) is 2.39. The van der Waals surface area contributed by atoms with E-state index in [1.54, 1.807) is 20.0 Å². The highest BCUT2D eigenvalue weighted by Crippen LogP contribution is 2.29. The van der Waals surface area contributed by atoms with E-state index in [0.717, 1.165) is 25.9 Å². The summed E-state index contributed by atoms with van der Waals surface area (Å²) in [7, 11) is 0.0904. The van der Waals surface area contributed by atoms with Gasteiger partial charge in [-0.15, -0.1) is 0 Å². The third-order valence-corrected chi connectivity index (χ3v) is 6.44. The summed E-state index contributed by atoms with van der Waals surface area (Å²) >= 11 is 5.94. The van der Waals surface area contributed by atoms with Crippen LogP contribution in [0.15, 0.2) is 17.0 Å². The van der Waals surface area contributed by atoms with E-state index in [0.29, 0.717) is 10.6 Å². The van der Waals surface area contributed by atoms with Crippen molar-refractivity contribution in [3.8, 4) is 0 Å². The van der Waals surface area contributed by atoms with Crippen LogP contribution < -0.4 is 5.73 Å². The van der Waals surface area contributed by atoms with Crippen molar-refractivity contribution < 1.29 is 8.42 Å². The first kappa shape index (κ1) is 16.5. The summed E-state index contributed by atoms with van der Waals surface area (Å²) in [5.74, 6) is 0. The van der Waals surface area contributed by atoms with Crippen LogP contribution in [0, 0.1) is 6.92 Å². The molecule has 5 nitrogen and oxygen atoms in total.